The Kier molecular flexibility index (Phi) is 4.87. The highest BCUT2D eigenvalue weighted by Crippen LogP contribution is 2.36. The van der Waals surface area contributed by atoms with Gasteiger partial charge in [-0.25, -0.2) is 4.39 Å². The van der Waals surface area contributed by atoms with E-state index in [0.29, 0.717) is 12.1 Å². The lowest BCUT2D eigenvalue weighted by atomic mass is 10.2. The molecule has 0 saturated heterocycles. The first-order chi connectivity index (χ1) is 10.0. The summed E-state index contributed by atoms with van der Waals surface area (Å²) in [5.74, 6) is 0.103. The van der Waals surface area contributed by atoms with Crippen LogP contribution in [0.15, 0.2) is 40.9 Å². The van der Waals surface area contributed by atoms with Crippen LogP contribution in [-0.4, -0.2) is 12.0 Å². The van der Waals surface area contributed by atoms with Gasteiger partial charge in [-0.2, -0.15) is 0 Å². The molecule has 7 heteroatoms. The summed E-state index contributed by atoms with van der Waals surface area (Å²) in [6, 6.07) is 8.72. The Morgan fingerprint density at radius 3 is 2.81 bits per heavy atom. The van der Waals surface area contributed by atoms with Gasteiger partial charge in [0.2, 0.25) is 0 Å². The molecule has 2 aromatic carbocycles. The van der Waals surface area contributed by atoms with Gasteiger partial charge in [-0.1, -0.05) is 6.07 Å². The molecule has 0 radical (unpaired) electrons. The minimum absolute atomic E-state index is 0.112. The molecule has 1 N–H and O–H groups in total. The van der Waals surface area contributed by atoms with Crippen molar-refractivity contribution in [1.82, 2.24) is 5.32 Å². The minimum Gasteiger partial charge on any atom is -0.456 e. The molecule has 2 rings (SSSR count). The minimum atomic E-state index is -0.519. The molecule has 0 fully saturated rings. The van der Waals surface area contributed by atoms with Gasteiger partial charge in [0, 0.05) is 18.7 Å². The van der Waals surface area contributed by atoms with Crippen LogP contribution in [0.2, 0.25) is 0 Å². The Hall–Kier alpha value is -1.99. The molecule has 21 heavy (non-hydrogen) atoms. The van der Waals surface area contributed by atoms with Crippen molar-refractivity contribution in [1.29, 1.82) is 0 Å². The molecule has 5 nitrogen and oxygen atoms in total. The average molecular weight is 355 g/mol. The summed E-state index contributed by atoms with van der Waals surface area (Å²) in [4.78, 5) is 10.4. The summed E-state index contributed by atoms with van der Waals surface area (Å²) in [6.07, 6.45) is 0. The Labute approximate surface area is 129 Å². The topological polar surface area (TPSA) is 64.4 Å². The Balaban J connectivity index is 2.34. The SMILES string of the molecule is CNCc1cc(F)cc(Oc2cccc([N+](=O)[O-])c2Br)c1. The fraction of sp³-hybridized carbons (Fsp3) is 0.143. The van der Waals surface area contributed by atoms with Crippen LogP contribution in [0.3, 0.4) is 0 Å². The molecule has 110 valence electrons. The van der Waals surface area contributed by atoms with Crippen molar-refractivity contribution in [3.63, 3.8) is 0 Å². The summed E-state index contributed by atoms with van der Waals surface area (Å²) in [5, 5.41) is 13.8. The number of nitrogens with zero attached hydrogens (tertiary/aromatic N) is 1. The summed E-state index contributed by atoms with van der Waals surface area (Å²) < 4.78 is 19.3. The van der Waals surface area contributed by atoms with Crippen LogP contribution in [0.5, 0.6) is 11.5 Å². The Morgan fingerprint density at radius 2 is 2.14 bits per heavy atom. The molecule has 0 unspecified atom stereocenters. The van der Waals surface area contributed by atoms with Crippen LogP contribution in [0, 0.1) is 15.9 Å². The molecule has 0 aromatic heterocycles. The molecular formula is C14H12BrFN2O3. The molecule has 0 spiro atoms. The van der Waals surface area contributed by atoms with Crippen molar-refractivity contribution in [2.24, 2.45) is 0 Å². The van der Waals surface area contributed by atoms with Gasteiger partial charge in [0.1, 0.15) is 21.8 Å². The number of ether oxygens (including phenoxy) is 1. The maximum absolute atomic E-state index is 13.5. The van der Waals surface area contributed by atoms with Gasteiger partial charge in [-0.15, -0.1) is 0 Å². The molecule has 0 amide bonds. The molecular weight excluding hydrogens is 343 g/mol. The Morgan fingerprint density at radius 1 is 1.38 bits per heavy atom. The standard InChI is InChI=1S/C14H12BrFN2O3/c1-17-8-9-5-10(16)7-11(6-9)21-13-4-2-3-12(14(13)15)18(19)20/h2-7,17H,8H2,1H3. The van der Waals surface area contributed by atoms with E-state index in [0.717, 1.165) is 0 Å². The summed E-state index contributed by atoms with van der Waals surface area (Å²) in [5.41, 5.74) is 0.605. The molecule has 0 aliphatic carbocycles. The molecule has 0 heterocycles. The van der Waals surface area contributed by atoms with E-state index in [9.17, 15) is 14.5 Å². The first kappa shape index (κ1) is 15.4. The first-order valence-corrected chi connectivity index (χ1v) is 6.85. The Bertz CT molecular complexity index is 679. The van der Waals surface area contributed by atoms with Crippen molar-refractivity contribution >= 4 is 21.6 Å². The van der Waals surface area contributed by atoms with Gasteiger partial charge in [0.15, 0.2) is 0 Å². The van der Waals surface area contributed by atoms with Gasteiger partial charge in [-0.05, 0) is 46.7 Å². The van der Waals surface area contributed by atoms with Gasteiger partial charge in [0.25, 0.3) is 5.69 Å². The zero-order valence-corrected chi connectivity index (χ0v) is 12.7. The zero-order valence-electron chi connectivity index (χ0n) is 11.1. The number of nitro groups is 1. The normalized spacial score (nSPS) is 10.4. The second kappa shape index (κ2) is 6.64. The lowest BCUT2D eigenvalue weighted by Gasteiger charge is -2.10. The highest BCUT2D eigenvalue weighted by atomic mass is 79.9. The number of halogens is 2. The van der Waals surface area contributed by atoms with Crippen molar-refractivity contribution in [3.05, 3.63) is 62.4 Å². The summed E-state index contributed by atoms with van der Waals surface area (Å²) in [6.45, 7) is 0.490. The van der Waals surface area contributed by atoms with Crippen LogP contribution in [-0.2, 0) is 6.54 Å². The predicted octanol–water partition coefficient (Wildman–Crippen LogP) is 4.01. The van der Waals surface area contributed by atoms with Gasteiger partial charge >= 0.3 is 0 Å². The van der Waals surface area contributed by atoms with Crippen LogP contribution in [0.4, 0.5) is 10.1 Å². The first-order valence-electron chi connectivity index (χ1n) is 6.06. The third kappa shape index (κ3) is 3.77. The molecule has 0 aliphatic heterocycles. The van der Waals surface area contributed by atoms with E-state index in [2.05, 4.69) is 21.2 Å². The van der Waals surface area contributed by atoms with Gasteiger partial charge in [0.05, 0.1) is 4.92 Å². The van der Waals surface area contributed by atoms with Crippen molar-refractivity contribution < 1.29 is 14.1 Å². The quantitative estimate of drug-likeness (QED) is 0.650. The largest absolute Gasteiger partial charge is 0.456 e. The third-order valence-corrected chi connectivity index (χ3v) is 3.48. The van der Waals surface area contributed by atoms with E-state index in [1.165, 1.54) is 24.3 Å². The fourth-order valence-corrected chi connectivity index (χ4v) is 2.32. The number of hydrogen-bond donors (Lipinski definition) is 1. The average Bonchev–Trinajstić information content (AvgIpc) is 2.40. The summed E-state index contributed by atoms with van der Waals surface area (Å²) in [7, 11) is 1.75. The van der Waals surface area contributed by atoms with E-state index in [4.69, 9.17) is 4.74 Å². The number of rotatable bonds is 5. The van der Waals surface area contributed by atoms with E-state index < -0.39 is 10.7 Å². The number of nitrogens with one attached hydrogen (secondary N) is 1. The third-order valence-electron chi connectivity index (χ3n) is 2.68. The molecule has 0 bridgehead atoms. The van der Waals surface area contributed by atoms with E-state index >= 15 is 0 Å². The molecule has 2 aromatic rings. The lowest BCUT2D eigenvalue weighted by Crippen LogP contribution is -2.05. The second-order valence-corrected chi connectivity index (χ2v) is 5.07. The van der Waals surface area contributed by atoms with Crippen LogP contribution < -0.4 is 10.1 Å². The van der Waals surface area contributed by atoms with E-state index in [1.54, 1.807) is 19.2 Å². The molecule has 0 aliphatic rings. The smallest absolute Gasteiger partial charge is 0.287 e. The highest BCUT2D eigenvalue weighted by molar-refractivity contribution is 9.10. The van der Waals surface area contributed by atoms with E-state index in [-0.39, 0.29) is 21.7 Å². The van der Waals surface area contributed by atoms with E-state index in [1.807, 2.05) is 0 Å². The van der Waals surface area contributed by atoms with Crippen LogP contribution >= 0.6 is 15.9 Å². The van der Waals surface area contributed by atoms with Crippen LogP contribution in [0.1, 0.15) is 5.56 Å². The lowest BCUT2D eigenvalue weighted by molar-refractivity contribution is -0.385. The molecule has 0 saturated carbocycles. The maximum atomic E-state index is 13.5. The summed E-state index contributed by atoms with van der Waals surface area (Å²) >= 11 is 3.13. The van der Waals surface area contributed by atoms with Gasteiger partial charge < -0.3 is 10.1 Å². The number of nitro benzene ring substituents is 1. The zero-order chi connectivity index (χ0) is 15.4. The van der Waals surface area contributed by atoms with Gasteiger partial charge in [-0.3, -0.25) is 10.1 Å². The predicted molar refractivity (Wildman–Crippen MR) is 80.0 cm³/mol. The highest BCUT2D eigenvalue weighted by Gasteiger charge is 2.16. The van der Waals surface area contributed by atoms with Crippen molar-refractivity contribution in [2.75, 3.05) is 7.05 Å². The van der Waals surface area contributed by atoms with Crippen molar-refractivity contribution in [3.8, 4) is 11.5 Å². The van der Waals surface area contributed by atoms with Crippen molar-refractivity contribution in [2.45, 2.75) is 6.54 Å². The molecule has 0 atom stereocenters. The monoisotopic (exact) mass is 354 g/mol. The maximum Gasteiger partial charge on any atom is 0.287 e. The second-order valence-electron chi connectivity index (χ2n) is 4.27. The van der Waals surface area contributed by atoms with Crippen LogP contribution in [0.25, 0.3) is 0 Å². The fourth-order valence-electron chi connectivity index (χ4n) is 1.83. The number of hydrogen-bond acceptors (Lipinski definition) is 4. The number of benzene rings is 2.